The van der Waals surface area contributed by atoms with E-state index in [0.29, 0.717) is 13.2 Å². The quantitative estimate of drug-likeness (QED) is 0.790. The van der Waals surface area contributed by atoms with Gasteiger partial charge < -0.3 is 10.5 Å². The van der Waals surface area contributed by atoms with Gasteiger partial charge in [-0.2, -0.15) is 0 Å². The Bertz CT molecular complexity index is 363. The van der Waals surface area contributed by atoms with Gasteiger partial charge in [-0.15, -0.1) is 0 Å². The minimum Gasteiger partial charge on any atom is -0.489 e. The summed E-state index contributed by atoms with van der Waals surface area (Å²) in [5.41, 5.74) is 7.77. The molecule has 2 N–H and O–H groups in total. The van der Waals surface area contributed by atoms with Gasteiger partial charge in [0.25, 0.3) is 0 Å². The van der Waals surface area contributed by atoms with Crippen LogP contribution in [0.25, 0.3) is 0 Å². The van der Waals surface area contributed by atoms with E-state index in [0.717, 1.165) is 11.3 Å². The lowest BCUT2D eigenvalue weighted by Crippen LogP contribution is -2.12. The molecule has 0 aromatic heterocycles. The Labute approximate surface area is 98.1 Å². The molecule has 1 aromatic rings. The lowest BCUT2D eigenvalue weighted by Gasteiger charge is -2.19. The van der Waals surface area contributed by atoms with Crippen molar-refractivity contribution in [1.29, 1.82) is 0 Å². The van der Waals surface area contributed by atoms with Crippen molar-refractivity contribution in [3.63, 3.8) is 0 Å². The Morgan fingerprint density at radius 3 is 2.62 bits per heavy atom. The van der Waals surface area contributed by atoms with Crippen molar-refractivity contribution in [3.8, 4) is 5.75 Å². The van der Waals surface area contributed by atoms with E-state index in [1.165, 1.54) is 5.56 Å². The molecular formula is C14H21NO. The number of ether oxygens (including phenoxy) is 1. The lowest BCUT2D eigenvalue weighted by atomic mass is 9.87. The van der Waals surface area contributed by atoms with Crippen LogP contribution >= 0.6 is 0 Å². The highest BCUT2D eigenvalue weighted by Gasteiger charge is 2.13. The van der Waals surface area contributed by atoms with Gasteiger partial charge in [-0.05, 0) is 28.7 Å². The summed E-state index contributed by atoms with van der Waals surface area (Å²) in [7, 11) is 0. The molecule has 0 aliphatic heterocycles. The van der Waals surface area contributed by atoms with Crippen molar-refractivity contribution < 1.29 is 4.74 Å². The van der Waals surface area contributed by atoms with E-state index in [1.807, 2.05) is 12.1 Å². The highest BCUT2D eigenvalue weighted by Crippen LogP contribution is 2.25. The fourth-order valence-electron chi connectivity index (χ4n) is 1.30. The van der Waals surface area contributed by atoms with Gasteiger partial charge in [-0.3, -0.25) is 0 Å². The molecule has 0 amide bonds. The summed E-state index contributed by atoms with van der Waals surface area (Å²) in [4.78, 5) is 0. The Kier molecular flexibility index (Phi) is 4.13. The average molecular weight is 219 g/mol. The largest absolute Gasteiger partial charge is 0.489 e. The zero-order chi connectivity index (χ0) is 12.2. The predicted octanol–water partition coefficient (Wildman–Crippen LogP) is 2.88. The highest BCUT2D eigenvalue weighted by molar-refractivity contribution is 5.32. The maximum absolute atomic E-state index is 5.61. The van der Waals surface area contributed by atoms with E-state index in [2.05, 4.69) is 39.5 Å². The Morgan fingerprint density at radius 2 is 2.06 bits per heavy atom. The van der Waals surface area contributed by atoms with Crippen molar-refractivity contribution in [2.24, 2.45) is 5.73 Å². The third kappa shape index (κ3) is 3.70. The molecule has 0 radical (unpaired) electrons. The van der Waals surface area contributed by atoms with Crippen LogP contribution in [-0.2, 0) is 5.41 Å². The zero-order valence-corrected chi connectivity index (χ0v) is 10.4. The predicted molar refractivity (Wildman–Crippen MR) is 68.8 cm³/mol. The average Bonchev–Trinajstić information content (AvgIpc) is 2.25. The molecule has 1 aromatic carbocycles. The third-order valence-electron chi connectivity index (χ3n) is 2.43. The van der Waals surface area contributed by atoms with Crippen molar-refractivity contribution in [1.82, 2.24) is 0 Å². The standard InChI is InChI=1S/C14H21NO/c1-11(9-15)10-16-13-7-5-6-12(8-13)14(2,3)4/h5-8H,1,9-10,15H2,2-4H3. The second-order valence-corrected chi connectivity index (χ2v) is 5.02. The minimum atomic E-state index is 0.143. The monoisotopic (exact) mass is 219 g/mol. The van der Waals surface area contributed by atoms with Gasteiger partial charge in [0.15, 0.2) is 0 Å². The van der Waals surface area contributed by atoms with Crippen LogP contribution in [0.1, 0.15) is 26.3 Å². The summed E-state index contributed by atoms with van der Waals surface area (Å²) in [6.07, 6.45) is 0. The van der Waals surface area contributed by atoms with Gasteiger partial charge in [0.05, 0.1) is 0 Å². The molecule has 0 fully saturated rings. The molecule has 0 bridgehead atoms. The number of rotatable bonds is 4. The topological polar surface area (TPSA) is 35.2 Å². The van der Waals surface area contributed by atoms with E-state index in [9.17, 15) is 0 Å². The fourth-order valence-corrected chi connectivity index (χ4v) is 1.30. The first kappa shape index (κ1) is 12.8. The summed E-state index contributed by atoms with van der Waals surface area (Å²) in [6.45, 7) is 11.3. The normalized spacial score (nSPS) is 11.2. The Balaban J connectivity index is 2.72. The van der Waals surface area contributed by atoms with Gasteiger partial charge in [-0.25, -0.2) is 0 Å². The molecule has 0 spiro atoms. The first-order chi connectivity index (χ1) is 7.43. The summed E-state index contributed by atoms with van der Waals surface area (Å²) >= 11 is 0. The molecule has 0 aliphatic rings. The maximum atomic E-state index is 5.61. The number of hydrogen-bond acceptors (Lipinski definition) is 2. The minimum absolute atomic E-state index is 0.143. The van der Waals surface area contributed by atoms with E-state index in [-0.39, 0.29) is 5.41 Å². The van der Waals surface area contributed by atoms with E-state index in [4.69, 9.17) is 10.5 Å². The van der Waals surface area contributed by atoms with Crippen LogP contribution in [0, 0.1) is 0 Å². The van der Waals surface area contributed by atoms with Crippen molar-refractivity contribution in [2.45, 2.75) is 26.2 Å². The molecule has 0 unspecified atom stereocenters. The van der Waals surface area contributed by atoms with Crippen LogP contribution in [0.5, 0.6) is 5.75 Å². The van der Waals surface area contributed by atoms with Gasteiger partial charge in [0, 0.05) is 6.54 Å². The molecule has 88 valence electrons. The van der Waals surface area contributed by atoms with Gasteiger partial charge in [-0.1, -0.05) is 39.5 Å². The SMILES string of the molecule is C=C(CN)COc1cccc(C(C)(C)C)c1. The summed E-state index contributed by atoms with van der Waals surface area (Å²) < 4.78 is 5.61. The fraction of sp³-hybridized carbons (Fsp3) is 0.429. The number of nitrogens with two attached hydrogens (primary N) is 1. The van der Waals surface area contributed by atoms with Crippen molar-refractivity contribution in [3.05, 3.63) is 42.0 Å². The van der Waals surface area contributed by atoms with Crippen LogP contribution in [0.2, 0.25) is 0 Å². The molecule has 0 heterocycles. The van der Waals surface area contributed by atoms with E-state index < -0.39 is 0 Å². The number of benzene rings is 1. The van der Waals surface area contributed by atoms with Crippen molar-refractivity contribution >= 4 is 0 Å². The Hall–Kier alpha value is -1.28. The summed E-state index contributed by atoms with van der Waals surface area (Å²) in [5, 5.41) is 0. The van der Waals surface area contributed by atoms with Crippen LogP contribution in [0.3, 0.4) is 0 Å². The molecule has 0 saturated heterocycles. The second kappa shape index (κ2) is 5.17. The van der Waals surface area contributed by atoms with Crippen LogP contribution in [0.15, 0.2) is 36.4 Å². The second-order valence-electron chi connectivity index (χ2n) is 5.02. The number of hydrogen-bond donors (Lipinski definition) is 1. The molecule has 0 saturated carbocycles. The Morgan fingerprint density at radius 1 is 1.38 bits per heavy atom. The first-order valence-electron chi connectivity index (χ1n) is 5.53. The lowest BCUT2D eigenvalue weighted by molar-refractivity contribution is 0.349. The molecule has 2 heteroatoms. The summed E-state index contributed by atoms with van der Waals surface area (Å²) in [5.74, 6) is 0.877. The van der Waals surface area contributed by atoms with Crippen molar-refractivity contribution in [2.75, 3.05) is 13.2 Å². The molecule has 1 rings (SSSR count). The van der Waals surface area contributed by atoms with Gasteiger partial charge >= 0.3 is 0 Å². The third-order valence-corrected chi connectivity index (χ3v) is 2.43. The smallest absolute Gasteiger partial charge is 0.120 e. The molecular weight excluding hydrogens is 198 g/mol. The first-order valence-corrected chi connectivity index (χ1v) is 5.53. The molecule has 16 heavy (non-hydrogen) atoms. The van der Waals surface area contributed by atoms with Gasteiger partial charge in [0.1, 0.15) is 12.4 Å². The molecule has 0 aliphatic carbocycles. The zero-order valence-electron chi connectivity index (χ0n) is 10.4. The van der Waals surface area contributed by atoms with E-state index >= 15 is 0 Å². The molecule has 0 atom stereocenters. The summed E-state index contributed by atoms with van der Waals surface area (Å²) in [6, 6.07) is 8.16. The highest BCUT2D eigenvalue weighted by atomic mass is 16.5. The maximum Gasteiger partial charge on any atom is 0.120 e. The molecule has 2 nitrogen and oxygen atoms in total. The van der Waals surface area contributed by atoms with Gasteiger partial charge in [0.2, 0.25) is 0 Å². The van der Waals surface area contributed by atoms with Crippen LogP contribution < -0.4 is 10.5 Å². The van der Waals surface area contributed by atoms with Crippen LogP contribution in [0.4, 0.5) is 0 Å². The van der Waals surface area contributed by atoms with E-state index in [1.54, 1.807) is 0 Å². The van der Waals surface area contributed by atoms with Crippen LogP contribution in [-0.4, -0.2) is 13.2 Å².